The molecular formula is C27H32N4O4. The van der Waals surface area contributed by atoms with E-state index in [9.17, 15) is 4.79 Å². The predicted molar refractivity (Wildman–Crippen MR) is 134 cm³/mol. The Balaban J connectivity index is 1.32. The van der Waals surface area contributed by atoms with Gasteiger partial charge in [0.1, 0.15) is 0 Å². The molecular weight excluding hydrogens is 444 g/mol. The second-order valence-electron chi connectivity index (χ2n) is 8.27. The van der Waals surface area contributed by atoms with Crippen molar-refractivity contribution >= 4 is 12.0 Å². The molecule has 8 heteroatoms. The fourth-order valence-corrected chi connectivity index (χ4v) is 4.04. The quantitative estimate of drug-likeness (QED) is 0.422. The molecule has 1 unspecified atom stereocenters. The van der Waals surface area contributed by atoms with Gasteiger partial charge in [0, 0.05) is 37.8 Å². The summed E-state index contributed by atoms with van der Waals surface area (Å²) in [5.74, 6) is 2.56. The van der Waals surface area contributed by atoms with E-state index in [1.54, 1.807) is 6.08 Å². The van der Waals surface area contributed by atoms with Crippen molar-refractivity contribution in [3.8, 4) is 22.9 Å². The molecule has 3 aromatic rings. The van der Waals surface area contributed by atoms with Crippen LogP contribution >= 0.6 is 0 Å². The molecule has 2 heterocycles. The fraction of sp³-hybridized carbons (Fsp3) is 0.370. The van der Waals surface area contributed by atoms with E-state index in [-0.39, 0.29) is 11.9 Å². The molecule has 1 fully saturated rings. The zero-order valence-corrected chi connectivity index (χ0v) is 20.5. The first kappa shape index (κ1) is 24.5. The van der Waals surface area contributed by atoms with E-state index < -0.39 is 0 Å². The average Bonchev–Trinajstić information content (AvgIpc) is 3.39. The Hall–Kier alpha value is -3.65. The van der Waals surface area contributed by atoms with Gasteiger partial charge in [0.2, 0.25) is 17.6 Å². The van der Waals surface area contributed by atoms with Gasteiger partial charge in [-0.1, -0.05) is 41.6 Å². The molecule has 0 N–H and O–H groups in total. The zero-order chi connectivity index (χ0) is 24.6. The van der Waals surface area contributed by atoms with Gasteiger partial charge in [-0.2, -0.15) is 4.98 Å². The minimum atomic E-state index is -0.0198. The summed E-state index contributed by atoms with van der Waals surface area (Å²) in [6, 6.07) is 15.5. The van der Waals surface area contributed by atoms with Crippen molar-refractivity contribution < 1.29 is 18.8 Å². The van der Waals surface area contributed by atoms with E-state index >= 15 is 0 Å². The Kier molecular flexibility index (Phi) is 8.15. The SMILES string of the molecule is CCOc1ccc(/C=C/C(=O)N2CCN(C(C)c3nc(-c4ccccc4)no3)CC2)cc1OCC. The molecule has 184 valence electrons. The Morgan fingerprint density at radius 2 is 1.74 bits per heavy atom. The first-order valence-electron chi connectivity index (χ1n) is 12.1. The van der Waals surface area contributed by atoms with Crippen molar-refractivity contribution in [2.45, 2.75) is 26.8 Å². The normalized spacial score (nSPS) is 15.3. The molecule has 0 saturated carbocycles. The van der Waals surface area contributed by atoms with Crippen LogP contribution in [0.15, 0.2) is 59.1 Å². The molecule has 1 aliphatic heterocycles. The average molecular weight is 477 g/mol. The highest BCUT2D eigenvalue weighted by atomic mass is 16.5. The lowest BCUT2D eigenvalue weighted by atomic mass is 10.1. The number of carbonyl (C=O) groups excluding carboxylic acids is 1. The van der Waals surface area contributed by atoms with Crippen LogP contribution in [0.25, 0.3) is 17.5 Å². The molecule has 4 rings (SSSR count). The summed E-state index contributed by atoms with van der Waals surface area (Å²) in [5, 5.41) is 4.13. The van der Waals surface area contributed by atoms with E-state index in [1.807, 2.05) is 73.4 Å². The third-order valence-electron chi connectivity index (χ3n) is 5.99. The van der Waals surface area contributed by atoms with Crippen LogP contribution < -0.4 is 9.47 Å². The fourth-order valence-electron chi connectivity index (χ4n) is 4.04. The molecule has 0 aliphatic carbocycles. The van der Waals surface area contributed by atoms with Crippen LogP contribution in [0.3, 0.4) is 0 Å². The number of amides is 1. The van der Waals surface area contributed by atoms with Crippen molar-refractivity contribution in [2.24, 2.45) is 0 Å². The van der Waals surface area contributed by atoms with Crippen LogP contribution in [0.1, 0.15) is 38.3 Å². The topological polar surface area (TPSA) is 80.9 Å². The van der Waals surface area contributed by atoms with E-state index in [2.05, 4.69) is 22.0 Å². The molecule has 1 atom stereocenters. The van der Waals surface area contributed by atoms with Crippen LogP contribution in [0.2, 0.25) is 0 Å². The molecule has 1 aromatic heterocycles. The molecule has 1 saturated heterocycles. The summed E-state index contributed by atoms with van der Waals surface area (Å²) in [4.78, 5) is 21.5. The molecule has 0 bridgehead atoms. The molecule has 0 spiro atoms. The van der Waals surface area contributed by atoms with Crippen molar-refractivity contribution in [2.75, 3.05) is 39.4 Å². The van der Waals surface area contributed by atoms with Gasteiger partial charge in [0.25, 0.3) is 0 Å². The number of benzene rings is 2. The largest absolute Gasteiger partial charge is 0.490 e. The lowest BCUT2D eigenvalue weighted by Gasteiger charge is -2.36. The lowest BCUT2D eigenvalue weighted by molar-refractivity contribution is -0.128. The van der Waals surface area contributed by atoms with Gasteiger partial charge in [-0.25, -0.2) is 0 Å². The van der Waals surface area contributed by atoms with Gasteiger partial charge in [-0.15, -0.1) is 0 Å². The summed E-state index contributed by atoms with van der Waals surface area (Å²) in [5.41, 5.74) is 1.82. The van der Waals surface area contributed by atoms with Crippen LogP contribution in [0, 0.1) is 0 Å². The molecule has 0 radical (unpaired) electrons. The summed E-state index contributed by atoms with van der Waals surface area (Å²) in [6.07, 6.45) is 3.44. The summed E-state index contributed by atoms with van der Waals surface area (Å²) < 4.78 is 16.8. The third-order valence-corrected chi connectivity index (χ3v) is 5.99. The van der Waals surface area contributed by atoms with Gasteiger partial charge in [0.05, 0.1) is 19.3 Å². The molecule has 35 heavy (non-hydrogen) atoms. The highest BCUT2D eigenvalue weighted by molar-refractivity contribution is 5.92. The number of hydrogen-bond donors (Lipinski definition) is 0. The lowest BCUT2D eigenvalue weighted by Crippen LogP contribution is -2.48. The third kappa shape index (κ3) is 6.08. The van der Waals surface area contributed by atoms with Crippen LogP contribution in [-0.4, -0.2) is 65.2 Å². The monoisotopic (exact) mass is 476 g/mol. The molecule has 1 aliphatic rings. The Bertz CT molecular complexity index is 1140. The highest BCUT2D eigenvalue weighted by Crippen LogP contribution is 2.29. The predicted octanol–water partition coefficient (Wildman–Crippen LogP) is 4.45. The smallest absolute Gasteiger partial charge is 0.246 e. The van der Waals surface area contributed by atoms with Crippen LogP contribution in [-0.2, 0) is 4.79 Å². The van der Waals surface area contributed by atoms with Gasteiger partial charge >= 0.3 is 0 Å². The van der Waals surface area contributed by atoms with E-state index in [0.29, 0.717) is 49.5 Å². The van der Waals surface area contributed by atoms with Gasteiger partial charge in [-0.3, -0.25) is 9.69 Å². The first-order valence-corrected chi connectivity index (χ1v) is 12.1. The maximum atomic E-state index is 12.8. The number of piperazine rings is 1. The van der Waals surface area contributed by atoms with Crippen molar-refractivity contribution in [3.05, 3.63) is 66.1 Å². The number of rotatable bonds is 9. The number of hydrogen-bond acceptors (Lipinski definition) is 7. The van der Waals surface area contributed by atoms with E-state index in [4.69, 9.17) is 14.0 Å². The second-order valence-corrected chi connectivity index (χ2v) is 8.27. The first-order chi connectivity index (χ1) is 17.1. The Labute approximate surface area is 206 Å². The van der Waals surface area contributed by atoms with Gasteiger partial charge in [0.15, 0.2) is 11.5 Å². The number of aromatic nitrogens is 2. The van der Waals surface area contributed by atoms with Crippen molar-refractivity contribution in [3.63, 3.8) is 0 Å². The summed E-state index contributed by atoms with van der Waals surface area (Å²) in [7, 11) is 0. The number of nitrogens with zero attached hydrogens (tertiary/aromatic N) is 4. The highest BCUT2D eigenvalue weighted by Gasteiger charge is 2.27. The Morgan fingerprint density at radius 1 is 1.03 bits per heavy atom. The molecule has 8 nitrogen and oxygen atoms in total. The summed E-state index contributed by atoms with van der Waals surface area (Å²) >= 11 is 0. The maximum Gasteiger partial charge on any atom is 0.246 e. The Morgan fingerprint density at radius 3 is 2.46 bits per heavy atom. The minimum Gasteiger partial charge on any atom is -0.490 e. The van der Waals surface area contributed by atoms with Crippen molar-refractivity contribution in [1.29, 1.82) is 0 Å². The zero-order valence-electron chi connectivity index (χ0n) is 20.5. The molecule has 1 amide bonds. The van der Waals surface area contributed by atoms with E-state index in [1.165, 1.54) is 0 Å². The van der Waals surface area contributed by atoms with Crippen LogP contribution in [0.5, 0.6) is 11.5 Å². The van der Waals surface area contributed by atoms with Gasteiger partial charge in [-0.05, 0) is 44.5 Å². The van der Waals surface area contributed by atoms with Gasteiger partial charge < -0.3 is 18.9 Å². The second kappa shape index (κ2) is 11.7. The van der Waals surface area contributed by atoms with E-state index in [0.717, 1.165) is 24.2 Å². The molecule has 2 aromatic carbocycles. The number of ether oxygens (including phenoxy) is 2. The standard InChI is InChI=1S/C27H32N4O4/c1-4-33-23-13-11-21(19-24(23)34-5-2)12-14-25(32)31-17-15-30(16-18-31)20(3)27-28-26(29-35-27)22-9-7-6-8-10-22/h6-14,19-20H,4-5,15-18H2,1-3H3/b14-12+. The number of carbonyl (C=O) groups is 1. The van der Waals surface area contributed by atoms with Crippen molar-refractivity contribution in [1.82, 2.24) is 19.9 Å². The van der Waals surface area contributed by atoms with Crippen LogP contribution in [0.4, 0.5) is 0 Å². The summed E-state index contributed by atoms with van der Waals surface area (Å²) in [6.45, 7) is 9.80. The maximum absolute atomic E-state index is 12.8. The minimum absolute atomic E-state index is 0.00620.